The summed E-state index contributed by atoms with van der Waals surface area (Å²) in [5.41, 5.74) is 1.46. The van der Waals surface area contributed by atoms with Crippen molar-refractivity contribution in [2.24, 2.45) is 0 Å². The minimum atomic E-state index is -0.0892. The first-order valence-electron chi connectivity index (χ1n) is 3.45. The van der Waals surface area contributed by atoms with E-state index in [2.05, 4.69) is 15.3 Å². The topological polar surface area (TPSA) is 54.9 Å². The summed E-state index contributed by atoms with van der Waals surface area (Å²) in [6, 6.07) is 0. The highest BCUT2D eigenvalue weighted by Crippen LogP contribution is 2.07. The van der Waals surface area contributed by atoms with E-state index in [9.17, 15) is 4.79 Å². The molecule has 0 aliphatic carbocycles. The van der Waals surface area contributed by atoms with Gasteiger partial charge in [0, 0.05) is 18.3 Å². The molecular formula is C7H7N3O. The highest BCUT2D eigenvalue weighted by molar-refractivity contribution is 5.94. The molecule has 4 nitrogen and oxygen atoms in total. The first-order chi connectivity index (χ1) is 5.38. The molecule has 0 spiro atoms. The summed E-state index contributed by atoms with van der Waals surface area (Å²) in [6.07, 6.45) is 3.92. The maximum Gasteiger partial charge on any atom is 0.270 e. The fourth-order valence-corrected chi connectivity index (χ4v) is 1.14. The van der Waals surface area contributed by atoms with Gasteiger partial charge in [-0.2, -0.15) is 0 Å². The van der Waals surface area contributed by atoms with E-state index in [4.69, 9.17) is 0 Å². The van der Waals surface area contributed by atoms with Crippen LogP contribution in [0.5, 0.6) is 0 Å². The van der Waals surface area contributed by atoms with Crippen molar-refractivity contribution in [2.75, 3.05) is 6.54 Å². The molecule has 0 radical (unpaired) electrons. The van der Waals surface area contributed by atoms with Gasteiger partial charge in [-0.15, -0.1) is 0 Å². The van der Waals surface area contributed by atoms with Crippen LogP contribution >= 0.6 is 0 Å². The molecule has 56 valence electrons. The van der Waals surface area contributed by atoms with Crippen molar-refractivity contribution in [1.29, 1.82) is 0 Å². The van der Waals surface area contributed by atoms with Crippen LogP contribution in [0.25, 0.3) is 0 Å². The minimum Gasteiger partial charge on any atom is -0.350 e. The second-order valence-corrected chi connectivity index (χ2v) is 2.40. The van der Waals surface area contributed by atoms with E-state index in [1.54, 1.807) is 6.20 Å². The lowest BCUT2D eigenvalue weighted by Gasteiger charge is -2.13. The number of aromatic nitrogens is 2. The molecule has 0 unspecified atom stereocenters. The Balaban J connectivity index is 2.52. The van der Waals surface area contributed by atoms with Crippen LogP contribution in [0.4, 0.5) is 0 Å². The van der Waals surface area contributed by atoms with Gasteiger partial charge in [-0.3, -0.25) is 4.79 Å². The van der Waals surface area contributed by atoms with Gasteiger partial charge in [0.1, 0.15) is 12.0 Å². The van der Waals surface area contributed by atoms with Gasteiger partial charge in [-0.05, 0) is 6.42 Å². The number of hydrogen-bond acceptors (Lipinski definition) is 3. The number of fused-ring (bicyclic) bond motifs is 1. The van der Waals surface area contributed by atoms with Crippen molar-refractivity contribution in [3.8, 4) is 0 Å². The lowest BCUT2D eigenvalue weighted by molar-refractivity contribution is 0.0940. The van der Waals surface area contributed by atoms with Crippen LogP contribution in [0.3, 0.4) is 0 Å². The van der Waals surface area contributed by atoms with Crippen molar-refractivity contribution < 1.29 is 4.79 Å². The average Bonchev–Trinajstić information content (AvgIpc) is 2.06. The fourth-order valence-electron chi connectivity index (χ4n) is 1.14. The molecule has 1 N–H and O–H groups in total. The minimum absolute atomic E-state index is 0.0892. The number of rotatable bonds is 0. The van der Waals surface area contributed by atoms with E-state index in [0.29, 0.717) is 12.2 Å². The summed E-state index contributed by atoms with van der Waals surface area (Å²) in [5, 5.41) is 2.71. The third kappa shape index (κ3) is 0.960. The number of amides is 1. The van der Waals surface area contributed by atoms with Crippen LogP contribution < -0.4 is 5.32 Å². The Morgan fingerprint density at radius 1 is 1.55 bits per heavy atom. The van der Waals surface area contributed by atoms with Crippen LogP contribution in [0, 0.1) is 0 Å². The number of nitrogens with one attached hydrogen (secondary N) is 1. The third-order valence-electron chi connectivity index (χ3n) is 1.68. The van der Waals surface area contributed by atoms with Crippen molar-refractivity contribution >= 4 is 5.91 Å². The number of hydrogen-bond donors (Lipinski definition) is 1. The Bertz CT molecular complexity index is 297. The molecule has 1 amide bonds. The van der Waals surface area contributed by atoms with Gasteiger partial charge >= 0.3 is 0 Å². The molecule has 1 aromatic heterocycles. The maximum absolute atomic E-state index is 11.1. The summed E-state index contributed by atoms with van der Waals surface area (Å²) in [6.45, 7) is 0.694. The molecule has 2 rings (SSSR count). The predicted octanol–water partition coefficient (Wildman–Crippen LogP) is -0.238. The SMILES string of the molecule is O=C1NCCc2cncnc21. The summed E-state index contributed by atoms with van der Waals surface area (Å²) < 4.78 is 0. The van der Waals surface area contributed by atoms with Gasteiger partial charge in [-0.1, -0.05) is 0 Å². The van der Waals surface area contributed by atoms with Gasteiger partial charge in [0.15, 0.2) is 0 Å². The number of carbonyl (C=O) groups is 1. The molecule has 2 heterocycles. The highest BCUT2D eigenvalue weighted by atomic mass is 16.1. The van der Waals surface area contributed by atoms with E-state index in [1.807, 2.05) is 0 Å². The quantitative estimate of drug-likeness (QED) is 0.554. The van der Waals surface area contributed by atoms with Crippen LogP contribution in [0.15, 0.2) is 12.5 Å². The smallest absolute Gasteiger partial charge is 0.270 e. The zero-order valence-electron chi connectivity index (χ0n) is 5.87. The summed E-state index contributed by atoms with van der Waals surface area (Å²) in [7, 11) is 0. The van der Waals surface area contributed by atoms with Gasteiger partial charge in [0.25, 0.3) is 5.91 Å². The molecule has 0 aromatic carbocycles. The first kappa shape index (κ1) is 6.27. The van der Waals surface area contributed by atoms with Crippen LogP contribution in [0.1, 0.15) is 16.1 Å². The average molecular weight is 149 g/mol. The molecule has 0 saturated heterocycles. The Kier molecular flexibility index (Phi) is 1.31. The largest absolute Gasteiger partial charge is 0.350 e. The Morgan fingerprint density at radius 3 is 3.27 bits per heavy atom. The lowest BCUT2D eigenvalue weighted by atomic mass is 10.1. The van der Waals surface area contributed by atoms with E-state index < -0.39 is 0 Å². The number of carbonyl (C=O) groups excluding carboxylic acids is 1. The Labute approximate surface area is 63.7 Å². The molecule has 0 atom stereocenters. The highest BCUT2D eigenvalue weighted by Gasteiger charge is 2.16. The fraction of sp³-hybridized carbons (Fsp3) is 0.286. The zero-order valence-corrected chi connectivity index (χ0v) is 5.87. The summed E-state index contributed by atoms with van der Waals surface area (Å²) >= 11 is 0. The number of nitrogens with zero attached hydrogens (tertiary/aromatic N) is 2. The van der Waals surface area contributed by atoms with Crippen LogP contribution in [-0.4, -0.2) is 22.4 Å². The van der Waals surface area contributed by atoms with Crippen LogP contribution in [0.2, 0.25) is 0 Å². The molecule has 0 bridgehead atoms. The second kappa shape index (κ2) is 2.30. The van der Waals surface area contributed by atoms with E-state index >= 15 is 0 Å². The van der Waals surface area contributed by atoms with Crippen molar-refractivity contribution in [2.45, 2.75) is 6.42 Å². The normalized spacial score (nSPS) is 15.5. The Morgan fingerprint density at radius 2 is 2.45 bits per heavy atom. The maximum atomic E-state index is 11.1. The predicted molar refractivity (Wildman–Crippen MR) is 38.1 cm³/mol. The van der Waals surface area contributed by atoms with Gasteiger partial charge in [0.2, 0.25) is 0 Å². The second-order valence-electron chi connectivity index (χ2n) is 2.40. The third-order valence-corrected chi connectivity index (χ3v) is 1.68. The summed E-state index contributed by atoms with van der Waals surface area (Å²) in [4.78, 5) is 18.8. The van der Waals surface area contributed by atoms with Gasteiger partial charge in [0.05, 0.1) is 0 Å². The molecular weight excluding hydrogens is 142 g/mol. The first-order valence-corrected chi connectivity index (χ1v) is 3.45. The van der Waals surface area contributed by atoms with E-state index in [-0.39, 0.29) is 5.91 Å². The lowest BCUT2D eigenvalue weighted by Crippen LogP contribution is -2.32. The van der Waals surface area contributed by atoms with Gasteiger partial charge < -0.3 is 5.32 Å². The molecule has 1 aromatic rings. The molecule has 1 aliphatic rings. The van der Waals surface area contributed by atoms with Crippen molar-refractivity contribution in [1.82, 2.24) is 15.3 Å². The molecule has 0 saturated carbocycles. The van der Waals surface area contributed by atoms with Gasteiger partial charge in [-0.25, -0.2) is 9.97 Å². The monoisotopic (exact) mass is 149 g/mol. The van der Waals surface area contributed by atoms with E-state index in [0.717, 1.165) is 12.0 Å². The zero-order chi connectivity index (χ0) is 7.68. The molecule has 0 fully saturated rings. The standard InChI is InChI=1S/C7H7N3O/c11-7-6-5(1-2-9-7)3-8-4-10-6/h3-4H,1-2H2,(H,9,11). The van der Waals surface area contributed by atoms with Crippen molar-refractivity contribution in [3.63, 3.8) is 0 Å². The summed E-state index contributed by atoms with van der Waals surface area (Å²) in [5.74, 6) is -0.0892. The molecule has 11 heavy (non-hydrogen) atoms. The molecule has 1 aliphatic heterocycles. The van der Waals surface area contributed by atoms with E-state index in [1.165, 1.54) is 6.33 Å². The molecule has 4 heteroatoms. The Hall–Kier alpha value is -1.45. The van der Waals surface area contributed by atoms with Crippen molar-refractivity contribution in [3.05, 3.63) is 23.8 Å². The van der Waals surface area contributed by atoms with Crippen LogP contribution in [-0.2, 0) is 6.42 Å².